The van der Waals surface area contributed by atoms with Gasteiger partial charge in [0.1, 0.15) is 46.3 Å². The van der Waals surface area contributed by atoms with E-state index in [0.29, 0.717) is 33.6 Å². The lowest BCUT2D eigenvalue weighted by atomic mass is 9.86. The molecule has 5 aliphatic rings. The van der Waals surface area contributed by atoms with Crippen molar-refractivity contribution in [2.24, 2.45) is 5.92 Å². The van der Waals surface area contributed by atoms with Crippen LogP contribution in [0.15, 0.2) is 66.7 Å². The first-order chi connectivity index (χ1) is 50.5. The van der Waals surface area contributed by atoms with Gasteiger partial charge in [0.2, 0.25) is 35.4 Å². The van der Waals surface area contributed by atoms with Gasteiger partial charge in [0.05, 0.1) is 62.0 Å². The van der Waals surface area contributed by atoms with Crippen LogP contribution < -0.4 is 36.1 Å². The van der Waals surface area contributed by atoms with Gasteiger partial charge < -0.3 is 107 Å². The number of hydrogen-bond acceptors (Lipinski definition) is 28. The fourth-order valence-corrected chi connectivity index (χ4v) is 15.3. The van der Waals surface area contributed by atoms with E-state index >= 15 is 4.79 Å². The quantitative estimate of drug-likeness (QED) is 0.0144. The molecule has 13 atom stereocenters. The molecular formula is C70H99N11O22S2. The fraction of sp³-hybridized carbons (Fsp3) is 0.614. The summed E-state index contributed by atoms with van der Waals surface area (Å²) in [5, 5.41) is 146. The highest BCUT2D eigenvalue weighted by atomic mass is 32.2. The summed E-state index contributed by atoms with van der Waals surface area (Å²) in [6, 6.07) is 6.40. The SMILES string of the molecule is C[C@@H](O)[C@@H]1NC(=O)C(NC(=O)c2ccc(-c3nnc(-c4ccc(C5CCN(C6CCC(OCCCCCCO)CC6)CC5)cc4)s3)cc2)C[C@@H](O)CNC(=O)[C@@H]2[C@@H](O)[C@@H](C)CN2C(=O)[C@H]([C@H](O)CCNC(CO)CO)NC(=O)[C@H]([C@H](O)Cc2ccc(O)c(OSOOO)c2)NC(=O)[C@@H]2C[C@@H](O)CN2C1=O. The van der Waals surface area contributed by atoms with E-state index in [2.05, 4.69) is 80.6 Å². The summed E-state index contributed by atoms with van der Waals surface area (Å²) in [5.41, 5.74) is 2.88. The van der Waals surface area contributed by atoms with Gasteiger partial charge in [-0.2, -0.15) is 0 Å². The lowest BCUT2D eigenvalue weighted by molar-refractivity contribution is -0.433. The number of aliphatic hydroxyl groups is 9. The molecule has 35 heteroatoms. The summed E-state index contributed by atoms with van der Waals surface area (Å²) < 4.78 is 15.6. The molecule has 9 rings (SSSR count). The Labute approximate surface area is 615 Å². The second kappa shape index (κ2) is 39.6. The number of nitrogens with zero attached hydrogens (tertiary/aromatic N) is 5. The molecule has 5 fully saturated rings. The van der Waals surface area contributed by atoms with Crippen molar-refractivity contribution in [3.63, 3.8) is 0 Å². The van der Waals surface area contributed by atoms with Crippen LogP contribution in [0.25, 0.3) is 21.1 Å². The molecule has 3 aromatic carbocycles. The number of likely N-dealkylation sites (tertiary alicyclic amines) is 1. The number of unbranched alkanes of at least 4 members (excludes halogenated alkanes) is 3. The molecule has 7 amide bonds. The van der Waals surface area contributed by atoms with Gasteiger partial charge in [-0.1, -0.05) is 82.9 Å². The third-order valence-electron chi connectivity index (χ3n) is 20.3. The summed E-state index contributed by atoms with van der Waals surface area (Å²) >= 11 is 1.41. The maximum absolute atomic E-state index is 15.0. The van der Waals surface area contributed by atoms with Gasteiger partial charge in [0.25, 0.3) is 18.2 Å². The van der Waals surface area contributed by atoms with Crippen LogP contribution in [0.1, 0.15) is 125 Å². The first kappa shape index (κ1) is 81.9. The highest BCUT2D eigenvalue weighted by Crippen LogP contribution is 2.37. The zero-order chi connectivity index (χ0) is 75.4. The number of aromatic hydroxyl groups is 1. The molecule has 0 bridgehead atoms. The second-order valence-electron chi connectivity index (χ2n) is 27.8. The third kappa shape index (κ3) is 22.0. The van der Waals surface area contributed by atoms with Gasteiger partial charge in [0, 0.05) is 80.8 Å². The predicted octanol–water partition coefficient (Wildman–Crippen LogP) is -0.718. The average Bonchev–Trinajstić information content (AvgIpc) is 1.68. The van der Waals surface area contributed by atoms with Crippen molar-refractivity contribution >= 4 is 65.0 Å². The molecular weight excluding hydrogens is 1410 g/mol. The molecule has 105 heavy (non-hydrogen) atoms. The van der Waals surface area contributed by atoms with E-state index in [1.807, 2.05) is 0 Å². The average molecular weight is 1510 g/mol. The van der Waals surface area contributed by atoms with Crippen molar-refractivity contribution in [1.29, 1.82) is 0 Å². The number of benzene rings is 3. The number of hydrogen-bond donors (Lipinski definition) is 17. The van der Waals surface area contributed by atoms with E-state index in [1.54, 1.807) is 12.1 Å². The number of fused-ring (bicyclic) bond motifs is 2. The minimum absolute atomic E-state index is 0.0197. The standard InChI is InChI=1S/C70H99N11O22S2/c1-38-34-81-60(61(38)91)66(96)72-33-48(86)31-51(73-62(92)43-10-14-45(15-11-43)68-78-77-67(104-68)44-12-8-41(9-13-44)42-22-25-79(26-23-42)47-16-18-50(19-17-47)100-28-6-4-3-5-27-82)63(93)74-57(39(2)85)69(97)80-35-49(87)32-52(80)64(94)75-58(55(90)29-40-7-20-53(88)56(30-40)101-105-103-102-99)65(95)76-59(70(81)98)54(89)21-24-71-46(36-83)37-84/h7-15,20,30,38-39,42,46-52,54-55,57-61,71,82-91,99H,3-6,16-19,21-29,31-37H2,1-2H3,(H,72,96)(H,73,92)(H,74,93)(H,75,94)(H,76,95)/t38-,39+,47?,48+,49+,50?,51?,52-,54+,55+,57-,58-,59-,60-,61-/m0/s1. The number of carbonyl (C=O) groups is 7. The van der Waals surface area contributed by atoms with Gasteiger partial charge in [-0.3, -0.25) is 33.6 Å². The molecule has 1 saturated carbocycles. The Hall–Kier alpha value is -7.14. The van der Waals surface area contributed by atoms with Gasteiger partial charge in [-0.15, -0.1) is 10.2 Å². The summed E-state index contributed by atoms with van der Waals surface area (Å²) in [4.78, 5) is 107. The minimum atomic E-state index is -2.16. The Morgan fingerprint density at radius 1 is 0.724 bits per heavy atom. The van der Waals surface area contributed by atoms with Gasteiger partial charge in [-0.05, 0) is 126 Å². The third-order valence-corrected chi connectivity index (χ3v) is 21.6. The van der Waals surface area contributed by atoms with E-state index in [1.165, 1.54) is 48.1 Å². The number of rotatable bonds is 28. The lowest BCUT2D eigenvalue weighted by Crippen LogP contribution is -2.64. The zero-order valence-electron chi connectivity index (χ0n) is 58.6. The number of ether oxygens (including phenoxy) is 1. The number of carbonyl (C=O) groups excluding carboxylic acids is 7. The highest BCUT2D eigenvalue weighted by Gasteiger charge is 2.50. The lowest BCUT2D eigenvalue weighted by Gasteiger charge is -2.41. The van der Waals surface area contributed by atoms with Gasteiger partial charge in [0.15, 0.2) is 11.5 Å². The van der Waals surface area contributed by atoms with Crippen LogP contribution in [-0.4, -0.2) is 279 Å². The van der Waals surface area contributed by atoms with Crippen molar-refractivity contribution in [3.05, 3.63) is 83.4 Å². The van der Waals surface area contributed by atoms with Crippen molar-refractivity contribution < 1.29 is 108 Å². The Bertz CT molecular complexity index is 3490. The van der Waals surface area contributed by atoms with Gasteiger partial charge in [-0.25, -0.2) is 5.26 Å². The van der Waals surface area contributed by atoms with Gasteiger partial charge >= 0.3 is 0 Å². The van der Waals surface area contributed by atoms with Crippen LogP contribution in [0, 0.1) is 5.92 Å². The van der Waals surface area contributed by atoms with Crippen molar-refractivity contribution in [3.8, 4) is 32.6 Å². The van der Waals surface area contributed by atoms with Crippen molar-refractivity contribution in [1.82, 2.24) is 56.8 Å². The smallest absolute Gasteiger partial charge is 0.261 e. The topological polar surface area (TPSA) is 487 Å². The number of β-amino-alcohol motifs (C(OH)–C–C–N with tert-alkyl or cyclic N) is 1. The van der Waals surface area contributed by atoms with Crippen LogP contribution in [0.3, 0.4) is 0 Å². The Morgan fingerprint density at radius 2 is 1.37 bits per heavy atom. The molecule has 0 spiro atoms. The van der Waals surface area contributed by atoms with E-state index in [0.717, 1.165) is 112 Å². The Morgan fingerprint density at radius 3 is 2.03 bits per heavy atom. The highest BCUT2D eigenvalue weighted by molar-refractivity contribution is 7.90. The Kier molecular flexibility index (Phi) is 30.9. The minimum Gasteiger partial charge on any atom is -0.504 e. The number of piperidine rings is 1. The molecule has 5 heterocycles. The Balaban J connectivity index is 0.916. The van der Waals surface area contributed by atoms with Crippen LogP contribution in [0.5, 0.6) is 11.5 Å². The van der Waals surface area contributed by atoms with Crippen LogP contribution in [0.2, 0.25) is 0 Å². The number of phenols is 1. The van der Waals surface area contributed by atoms with Crippen LogP contribution in [-0.2, 0) is 49.3 Å². The molecule has 1 aliphatic carbocycles. The number of aromatic nitrogens is 2. The number of aliphatic hydroxyl groups excluding tert-OH is 9. The molecule has 578 valence electrons. The summed E-state index contributed by atoms with van der Waals surface area (Å²) in [5.74, 6) is -9.17. The molecule has 33 nitrogen and oxygen atoms in total. The second-order valence-corrected chi connectivity index (χ2v) is 29.2. The number of amides is 7. The molecule has 1 unspecified atom stereocenters. The molecule has 1 aromatic heterocycles. The number of nitrogens with one attached hydrogen (secondary N) is 6. The van der Waals surface area contributed by atoms with Crippen molar-refractivity contribution in [2.45, 2.75) is 201 Å². The van der Waals surface area contributed by atoms with E-state index < -0.39 is 184 Å². The summed E-state index contributed by atoms with van der Waals surface area (Å²) in [7, 11) is 0. The predicted molar refractivity (Wildman–Crippen MR) is 378 cm³/mol. The largest absolute Gasteiger partial charge is 0.504 e. The van der Waals surface area contributed by atoms with Crippen LogP contribution >= 0.6 is 23.7 Å². The fourth-order valence-electron chi connectivity index (χ4n) is 14.2. The van der Waals surface area contributed by atoms with Crippen molar-refractivity contribution in [2.75, 3.05) is 65.7 Å². The molecule has 4 aromatic rings. The monoisotopic (exact) mass is 1510 g/mol. The molecule has 4 saturated heterocycles. The zero-order valence-corrected chi connectivity index (χ0v) is 60.2. The van der Waals surface area contributed by atoms with E-state index in [9.17, 15) is 74.7 Å². The normalized spacial score (nSPS) is 26.8. The van der Waals surface area contributed by atoms with E-state index in [4.69, 9.17) is 19.3 Å². The summed E-state index contributed by atoms with van der Waals surface area (Å²) in [6.07, 6.45) is -1.73. The molecule has 17 N–H and O–H groups in total. The maximum atomic E-state index is 15.0. The van der Waals surface area contributed by atoms with Crippen LogP contribution in [0.4, 0.5) is 0 Å². The van der Waals surface area contributed by atoms with E-state index in [-0.39, 0.29) is 48.9 Å². The summed E-state index contributed by atoms with van der Waals surface area (Å²) in [6.45, 7) is 2.81. The maximum Gasteiger partial charge on any atom is 0.261 e. The molecule has 4 aliphatic heterocycles. The number of phenolic OH excluding ortho intramolecular Hbond substituents is 1. The molecule has 0 radical (unpaired) electrons. The first-order valence-electron chi connectivity index (χ1n) is 35.8. The first-order valence-corrected chi connectivity index (χ1v) is 37.3.